The normalized spacial score (nSPS) is 17.9. The maximum atomic E-state index is 11.5. The second-order valence-corrected chi connectivity index (χ2v) is 9.90. The van der Waals surface area contributed by atoms with Gasteiger partial charge in [0.15, 0.2) is 15.8 Å². The largest absolute Gasteiger partial charge is 0.356 e. The summed E-state index contributed by atoms with van der Waals surface area (Å²) in [5.74, 6) is 1.35. The molecule has 1 aliphatic heterocycles. The lowest BCUT2D eigenvalue weighted by atomic mass is 10.1. The van der Waals surface area contributed by atoms with Gasteiger partial charge in [0.2, 0.25) is 0 Å². The fourth-order valence-corrected chi connectivity index (χ4v) is 4.14. The van der Waals surface area contributed by atoms with Crippen molar-refractivity contribution in [2.75, 3.05) is 65.7 Å². The molecule has 8 heteroatoms. The van der Waals surface area contributed by atoms with Crippen LogP contribution in [0.3, 0.4) is 0 Å². The molecule has 0 aliphatic carbocycles. The average molecular weight is 424 g/mol. The Morgan fingerprint density at radius 3 is 2.28 bits per heavy atom. The van der Waals surface area contributed by atoms with Crippen LogP contribution in [0.1, 0.15) is 19.4 Å². The third-order valence-electron chi connectivity index (χ3n) is 5.38. The van der Waals surface area contributed by atoms with Gasteiger partial charge in [-0.25, -0.2) is 8.42 Å². The molecule has 1 unspecified atom stereocenters. The van der Waals surface area contributed by atoms with Crippen molar-refractivity contribution in [3.8, 4) is 0 Å². The Bertz CT molecular complexity index is 741. The Morgan fingerprint density at radius 2 is 1.72 bits per heavy atom. The third kappa shape index (κ3) is 8.32. The smallest absolute Gasteiger partial charge is 0.190 e. The highest BCUT2D eigenvalue weighted by atomic mass is 32.2. The monoisotopic (exact) mass is 423 g/mol. The lowest BCUT2D eigenvalue weighted by Gasteiger charge is -2.35. The number of rotatable bonds is 9. The maximum absolute atomic E-state index is 11.5. The van der Waals surface area contributed by atoms with Gasteiger partial charge < -0.3 is 20.4 Å². The quantitative estimate of drug-likeness (QED) is 0.457. The zero-order valence-electron chi connectivity index (χ0n) is 18.3. The van der Waals surface area contributed by atoms with E-state index in [2.05, 4.69) is 39.3 Å². The van der Waals surface area contributed by atoms with Gasteiger partial charge in [-0.1, -0.05) is 26.0 Å². The number of hydrogen-bond donors (Lipinski definition) is 2. The van der Waals surface area contributed by atoms with Crippen LogP contribution in [-0.4, -0.2) is 89.8 Å². The number of benzene rings is 1. The number of guanidine groups is 1. The molecule has 29 heavy (non-hydrogen) atoms. The Kier molecular flexibility index (Phi) is 9.39. The fraction of sp³-hybridized carbons (Fsp3) is 0.667. The summed E-state index contributed by atoms with van der Waals surface area (Å²) in [6.45, 7) is 13.0. The van der Waals surface area contributed by atoms with E-state index in [4.69, 9.17) is 0 Å². The van der Waals surface area contributed by atoms with E-state index < -0.39 is 9.84 Å². The molecule has 0 saturated carbocycles. The highest BCUT2D eigenvalue weighted by Gasteiger charge is 2.17. The average Bonchev–Trinajstić information content (AvgIpc) is 2.70. The Labute approximate surface area is 176 Å². The predicted molar refractivity (Wildman–Crippen MR) is 120 cm³/mol. The van der Waals surface area contributed by atoms with Crippen molar-refractivity contribution in [2.45, 2.75) is 25.2 Å². The van der Waals surface area contributed by atoms with Crippen LogP contribution in [0.5, 0.6) is 0 Å². The first-order valence-corrected chi connectivity index (χ1v) is 12.4. The first kappa shape index (κ1) is 23.6. The molecular formula is C21H37N5O2S. The van der Waals surface area contributed by atoms with E-state index in [0.29, 0.717) is 10.8 Å². The van der Waals surface area contributed by atoms with Crippen LogP contribution < -0.4 is 10.6 Å². The second kappa shape index (κ2) is 11.5. The molecule has 1 aliphatic rings. The number of hydrogen-bond acceptors (Lipinski definition) is 5. The van der Waals surface area contributed by atoms with Crippen LogP contribution in [-0.2, 0) is 16.3 Å². The van der Waals surface area contributed by atoms with E-state index in [1.807, 2.05) is 12.1 Å². The molecule has 2 rings (SSSR count). The highest BCUT2D eigenvalue weighted by molar-refractivity contribution is 7.90. The molecule has 0 radical (unpaired) electrons. The van der Waals surface area contributed by atoms with Crippen LogP contribution >= 0.6 is 0 Å². The van der Waals surface area contributed by atoms with Gasteiger partial charge in [-0.3, -0.25) is 4.99 Å². The molecule has 1 saturated heterocycles. The number of piperazine rings is 1. The van der Waals surface area contributed by atoms with E-state index in [1.165, 1.54) is 19.3 Å². The van der Waals surface area contributed by atoms with Crippen LogP contribution in [0.25, 0.3) is 0 Å². The van der Waals surface area contributed by atoms with Gasteiger partial charge in [0.25, 0.3) is 0 Å². The van der Waals surface area contributed by atoms with Gasteiger partial charge in [0.05, 0.1) is 4.90 Å². The van der Waals surface area contributed by atoms with Crippen LogP contribution in [0.2, 0.25) is 0 Å². The van der Waals surface area contributed by atoms with Gasteiger partial charge in [-0.2, -0.15) is 0 Å². The molecule has 164 valence electrons. The van der Waals surface area contributed by atoms with Gasteiger partial charge in [-0.05, 0) is 36.6 Å². The summed E-state index contributed by atoms with van der Waals surface area (Å²) in [7, 11) is -1.36. The molecule has 0 amide bonds. The molecule has 1 aromatic carbocycles. The molecule has 2 N–H and O–H groups in total. The van der Waals surface area contributed by atoms with Crippen molar-refractivity contribution in [1.82, 2.24) is 20.4 Å². The van der Waals surface area contributed by atoms with Crippen LogP contribution in [0.4, 0.5) is 0 Å². The summed E-state index contributed by atoms with van der Waals surface area (Å²) >= 11 is 0. The zero-order valence-corrected chi connectivity index (χ0v) is 19.1. The first-order valence-electron chi connectivity index (χ1n) is 10.5. The van der Waals surface area contributed by atoms with Crippen molar-refractivity contribution in [3.63, 3.8) is 0 Å². The van der Waals surface area contributed by atoms with Crippen LogP contribution in [0.15, 0.2) is 34.2 Å². The minimum absolute atomic E-state index is 0.358. The molecule has 0 bridgehead atoms. The van der Waals surface area contributed by atoms with Crippen molar-refractivity contribution in [2.24, 2.45) is 10.9 Å². The van der Waals surface area contributed by atoms with Gasteiger partial charge in [0.1, 0.15) is 0 Å². The molecular weight excluding hydrogens is 386 g/mol. The zero-order chi connectivity index (χ0) is 21.3. The van der Waals surface area contributed by atoms with Gasteiger partial charge >= 0.3 is 0 Å². The number of nitrogens with one attached hydrogen (secondary N) is 2. The SMILES string of the molecule is CCN1CCN(CC(C)CNC(=NC)NCCc2ccc(S(C)(=O)=O)cc2)CC1. The number of aliphatic imine (C=N–C) groups is 1. The Hall–Kier alpha value is -1.64. The molecule has 1 heterocycles. The summed E-state index contributed by atoms with van der Waals surface area (Å²) in [6.07, 6.45) is 2.04. The molecule has 0 spiro atoms. The van der Waals surface area contributed by atoms with E-state index in [1.54, 1.807) is 19.2 Å². The molecule has 1 atom stereocenters. The minimum atomic E-state index is -3.14. The Morgan fingerprint density at radius 1 is 1.10 bits per heavy atom. The summed E-state index contributed by atoms with van der Waals surface area (Å²) in [5, 5.41) is 6.75. The molecule has 1 aromatic rings. The van der Waals surface area contributed by atoms with E-state index in [-0.39, 0.29) is 0 Å². The van der Waals surface area contributed by atoms with E-state index in [0.717, 1.165) is 57.2 Å². The summed E-state index contributed by atoms with van der Waals surface area (Å²) in [5.41, 5.74) is 1.10. The standard InChI is InChI=1S/C21H37N5O2S/c1-5-25-12-14-26(15-13-25)17-18(2)16-24-21(22-3)23-11-10-19-6-8-20(9-7-19)29(4,27)28/h6-9,18H,5,10-17H2,1-4H3,(H2,22,23,24). The molecule has 7 nitrogen and oxygen atoms in total. The van der Waals surface area contributed by atoms with E-state index >= 15 is 0 Å². The maximum Gasteiger partial charge on any atom is 0.190 e. The third-order valence-corrected chi connectivity index (χ3v) is 6.51. The second-order valence-electron chi connectivity index (χ2n) is 7.89. The van der Waals surface area contributed by atoms with E-state index in [9.17, 15) is 8.42 Å². The highest BCUT2D eigenvalue weighted by Crippen LogP contribution is 2.10. The summed E-state index contributed by atoms with van der Waals surface area (Å²) in [6, 6.07) is 7.07. The first-order chi connectivity index (χ1) is 13.8. The predicted octanol–water partition coefficient (Wildman–Crippen LogP) is 1.07. The summed E-state index contributed by atoms with van der Waals surface area (Å²) < 4.78 is 23.1. The van der Waals surface area contributed by atoms with Crippen molar-refractivity contribution in [3.05, 3.63) is 29.8 Å². The van der Waals surface area contributed by atoms with Crippen molar-refractivity contribution >= 4 is 15.8 Å². The van der Waals surface area contributed by atoms with Gasteiger partial charge in [-0.15, -0.1) is 0 Å². The molecule has 1 fully saturated rings. The summed E-state index contributed by atoms with van der Waals surface area (Å²) in [4.78, 5) is 9.71. The number of nitrogens with zero attached hydrogens (tertiary/aromatic N) is 3. The Balaban J connectivity index is 1.67. The van der Waals surface area contributed by atoms with Gasteiger partial charge in [0, 0.05) is 59.1 Å². The van der Waals surface area contributed by atoms with Crippen molar-refractivity contribution in [1.29, 1.82) is 0 Å². The number of likely N-dealkylation sites (N-methyl/N-ethyl adjacent to an activating group) is 1. The lowest BCUT2D eigenvalue weighted by molar-refractivity contribution is 0.124. The molecule has 0 aromatic heterocycles. The van der Waals surface area contributed by atoms with Crippen molar-refractivity contribution < 1.29 is 8.42 Å². The number of sulfone groups is 1. The van der Waals surface area contributed by atoms with Crippen LogP contribution in [0, 0.1) is 5.92 Å². The topological polar surface area (TPSA) is 77.0 Å². The fourth-order valence-electron chi connectivity index (χ4n) is 3.51. The minimum Gasteiger partial charge on any atom is -0.356 e. The lowest BCUT2D eigenvalue weighted by Crippen LogP contribution is -2.48.